The monoisotopic (exact) mass is 668 g/mol. The molecule has 6 nitrogen and oxygen atoms in total. The number of hydrogen-bond donors (Lipinski definition) is 0. The lowest BCUT2D eigenvalue weighted by molar-refractivity contribution is 0.620. The van der Waals surface area contributed by atoms with Crippen LogP contribution in [0.15, 0.2) is 179 Å². The Bertz CT molecular complexity index is 2840. The van der Waals surface area contributed by atoms with E-state index in [0.717, 1.165) is 77.5 Å². The van der Waals surface area contributed by atoms with E-state index in [-0.39, 0.29) is 0 Å². The van der Waals surface area contributed by atoms with E-state index in [1.807, 2.05) is 121 Å². The Morgan fingerprint density at radius 2 is 0.885 bits per heavy atom. The molecule has 0 fully saturated rings. The second-order valence-electron chi connectivity index (χ2n) is 12.6. The topological polar surface area (TPSA) is 77.8 Å². The Morgan fingerprint density at radius 1 is 0.308 bits per heavy atom. The average molecular weight is 669 g/mol. The first kappa shape index (κ1) is 29.7. The molecule has 0 aliphatic heterocycles. The summed E-state index contributed by atoms with van der Waals surface area (Å²) in [5, 5.41) is 2.07. The van der Waals surface area contributed by atoms with Gasteiger partial charge in [0.05, 0.1) is 0 Å². The van der Waals surface area contributed by atoms with Crippen LogP contribution >= 0.6 is 0 Å². The molecule has 7 aromatic carbocycles. The van der Waals surface area contributed by atoms with Gasteiger partial charge in [-0.25, -0.2) is 19.9 Å². The SMILES string of the molecule is c1ccc(-c2nc(-c3ccccc3)nc(-c3ccccc3-c3ccc4c(c3)oc3ccc(-c5cccc6oc(-c7ccccc7)nc56)cc34)n2)cc1. The fraction of sp³-hybridized carbons (Fsp3) is 0. The summed E-state index contributed by atoms with van der Waals surface area (Å²) < 4.78 is 12.7. The van der Waals surface area contributed by atoms with Gasteiger partial charge in [-0.2, -0.15) is 0 Å². The van der Waals surface area contributed by atoms with Gasteiger partial charge in [-0.3, -0.25) is 0 Å². The number of hydrogen-bond acceptors (Lipinski definition) is 6. The maximum absolute atomic E-state index is 6.48. The predicted octanol–water partition coefficient (Wildman–Crippen LogP) is 11.9. The fourth-order valence-electron chi connectivity index (χ4n) is 6.86. The summed E-state index contributed by atoms with van der Waals surface area (Å²) in [6.07, 6.45) is 0. The minimum absolute atomic E-state index is 0.607. The Morgan fingerprint density at radius 3 is 1.60 bits per heavy atom. The van der Waals surface area contributed by atoms with Crippen LogP contribution in [-0.2, 0) is 0 Å². The molecule has 0 unspecified atom stereocenters. The maximum atomic E-state index is 6.48. The number of fused-ring (bicyclic) bond motifs is 4. The van der Waals surface area contributed by atoms with Crippen molar-refractivity contribution in [3.8, 4) is 67.9 Å². The summed E-state index contributed by atoms with van der Waals surface area (Å²) in [4.78, 5) is 19.8. The number of para-hydroxylation sites is 1. The molecule has 6 heteroatoms. The number of aromatic nitrogens is 4. The van der Waals surface area contributed by atoms with Gasteiger partial charge >= 0.3 is 0 Å². The molecular weight excluding hydrogens is 641 g/mol. The van der Waals surface area contributed by atoms with Crippen molar-refractivity contribution in [2.45, 2.75) is 0 Å². The molecule has 244 valence electrons. The first-order valence-corrected chi connectivity index (χ1v) is 17.1. The third kappa shape index (κ3) is 5.22. The van der Waals surface area contributed by atoms with Crippen LogP contribution in [-0.4, -0.2) is 19.9 Å². The van der Waals surface area contributed by atoms with Crippen molar-refractivity contribution in [1.29, 1.82) is 0 Å². The van der Waals surface area contributed by atoms with Crippen LogP contribution in [0, 0.1) is 0 Å². The van der Waals surface area contributed by atoms with E-state index in [9.17, 15) is 0 Å². The van der Waals surface area contributed by atoms with Crippen molar-refractivity contribution < 1.29 is 8.83 Å². The molecule has 0 bridgehead atoms. The summed E-state index contributed by atoms with van der Waals surface area (Å²) in [7, 11) is 0. The lowest BCUT2D eigenvalue weighted by Gasteiger charge is -2.12. The fourth-order valence-corrected chi connectivity index (χ4v) is 6.86. The maximum Gasteiger partial charge on any atom is 0.227 e. The minimum atomic E-state index is 0.607. The zero-order valence-electron chi connectivity index (χ0n) is 27.8. The largest absolute Gasteiger partial charge is 0.456 e. The molecule has 0 saturated heterocycles. The Kier molecular flexibility index (Phi) is 7.03. The van der Waals surface area contributed by atoms with Crippen molar-refractivity contribution >= 4 is 33.0 Å². The Hall–Kier alpha value is -7.18. The zero-order chi connectivity index (χ0) is 34.4. The van der Waals surface area contributed by atoms with Crippen LogP contribution in [0.3, 0.4) is 0 Å². The molecule has 3 heterocycles. The van der Waals surface area contributed by atoms with Crippen LogP contribution in [0.25, 0.3) is 101 Å². The van der Waals surface area contributed by atoms with Crippen molar-refractivity contribution in [2.75, 3.05) is 0 Å². The van der Waals surface area contributed by atoms with E-state index in [0.29, 0.717) is 23.4 Å². The molecule has 10 rings (SSSR count). The quantitative estimate of drug-likeness (QED) is 0.175. The Balaban J connectivity index is 1.07. The number of furan rings is 1. The van der Waals surface area contributed by atoms with Gasteiger partial charge in [0.25, 0.3) is 0 Å². The minimum Gasteiger partial charge on any atom is -0.456 e. The highest BCUT2D eigenvalue weighted by molar-refractivity contribution is 6.08. The first-order valence-electron chi connectivity index (χ1n) is 17.1. The van der Waals surface area contributed by atoms with E-state index in [4.69, 9.17) is 28.8 Å². The second-order valence-corrected chi connectivity index (χ2v) is 12.6. The van der Waals surface area contributed by atoms with Gasteiger partial charge in [-0.15, -0.1) is 0 Å². The van der Waals surface area contributed by atoms with Crippen LogP contribution < -0.4 is 0 Å². The molecule has 0 aliphatic rings. The summed E-state index contributed by atoms with van der Waals surface area (Å²) in [5.41, 5.74) is 11.0. The Labute approximate surface area is 298 Å². The predicted molar refractivity (Wildman–Crippen MR) is 207 cm³/mol. The molecule has 0 atom stereocenters. The van der Waals surface area contributed by atoms with Gasteiger partial charge < -0.3 is 8.83 Å². The normalized spacial score (nSPS) is 11.5. The third-order valence-corrected chi connectivity index (χ3v) is 9.40. The molecule has 0 aliphatic carbocycles. The first-order chi connectivity index (χ1) is 25.7. The standard InChI is InChI=1S/C46H28N4O2/c1-4-13-29(14-5-1)43-48-44(30-15-6-2-7-16-30)50-45(49-43)37-20-11-10-19-34(37)33-23-25-36-38-27-32(24-26-39(38)51-41(36)28-33)35-21-12-22-40-42(35)47-46(52-40)31-17-8-3-9-18-31/h1-28H. The van der Waals surface area contributed by atoms with Crippen molar-refractivity contribution in [1.82, 2.24) is 19.9 Å². The van der Waals surface area contributed by atoms with Crippen LogP contribution in [0.1, 0.15) is 0 Å². The molecule has 52 heavy (non-hydrogen) atoms. The number of oxazole rings is 1. The van der Waals surface area contributed by atoms with Crippen LogP contribution in [0.5, 0.6) is 0 Å². The van der Waals surface area contributed by atoms with E-state index in [1.165, 1.54) is 0 Å². The highest BCUT2D eigenvalue weighted by atomic mass is 16.3. The summed E-state index contributed by atoms with van der Waals surface area (Å²) in [6, 6.07) is 57.0. The van der Waals surface area contributed by atoms with Gasteiger partial charge in [0, 0.05) is 38.6 Å². The average Bonchev–Trinajstić information content (AvgIpc) is 3.83. The summed E-state index contributed by atoms with van der Waals surface area (Å²) in [5.74, 6) is 2.46. The number of rotatable bonds is 6. The van der Waals surface area contributed by atoms with Gasteiger partial charge in [0.15, 0.2) is 23.1 Å². The third-order valence-electron chi connectivity index (χ3n) is 9.40. The molecule has 0 radical (unpaired) electrons. The molecule has 0 spiro atoms. The van der Waals surface area contributed by atoms with Gasteiger partial charge in [0.1, 0.15) is 16.7 Å². The van der Waals surface area contributed by atoms with Crippen LogP contribution in [0.4, 0.5) is 0 Å². The number of benzene rings is 7. The van der Waals surface area contributed by atoms with Crippen LogP contribution in [0.2, 0.25) is 0 Å². The second kappa shape index (κ2) is 12.3. The van der Waals surface area contributed by atoms with E-state index < -0.39 is 0 Å². The molecule has 0 N–H and O–H groups in total. The molecule has 10 aromatic rings. The highest BCUT2D eigenvalue weighted by Crippen LogP contribution is 2.39. The van der Waals surface area contributed by atoms with Crippen molar-refractivity contribution in [2.24, 2.45) is 0 Å². The summed E-state index contributed by atoms with van der Waals surface area (Å²) in [6.45, 7) is 0. The zero-order valence-corrected chi connectivity index (χ0v) is 27.8. The van der Waals surface area contributed by atoms with Gasteiger partial charge in [0.2, 0.25) is 5.89 Å². The lowest BCUT2D eigenvalue weighted by Crippen LogP contribution is -2.01. The molecule has 3 aromatic heterocycles. The molecular formula is C46H28N4O2. The smallest absolute Gasteiger partial charge is 0.227 e. The molecule has 0 saturated carbocycles. The van der Waals surface area contributed by atoms with E-state index in [1.54, 1.807) is 0 Å². The molecule has 0 amide bonds. The number of nitrogens with zero attached hydrogens (tertiary/aromatic N) is 4. The highest BCUT2D eigenvalue weighted by Gasteiger charge is 2.18. The van der Waals surface area contributed by atoms with Gasteiger partial charge in [-0.05, 0) is 59.2 Å². The lowest BCUT2D eigenvalue weighted by atomic mass is 9.97. The van der Waals surface area contributed by atoms with E-state index >= 15 is 0 Å². The summed E-state index contributed by atoms with van der Waals surface area (Å²) >= 11 is 0. The van der Waals surface area contributed by atoms with E-state index in [2.05, 4.69) is 48.5 Å². The van der Waals surface area contributed by atoms with Crippen molar-refractivity contribution in [3.63, 3.8) is 0 Å². The van der Waals surface area contributed by atoms with Crippen molar-refractivity contribution in [3.05, 3.63) is 170 Å². The van der Waals surface area contributed by atoms with Gasteiger partial charge in [-0.1, -0.05) is 127 Å².